The van der Waals surface area contributed by atoms with Gasteiger partial charge in [0.1, 0.15) is 0 Å². The number of nitrogens with zero attached hydrogens (tertiary/aromatic N) is 3. The van der Waals surface area contributed by atoms with Crippen LogP contribution in [0.5, 0.6) is 11.5 Å². The van der Waals surface area contributed by atoms with E-state index in [1.807, 2.05) is 53.3 Å². The number of aromatic nitrogens is 4. The first-order valence-corrected chi connectivity index (χ1v) is 9.58. The van der Waals surface area contributed by atoms with Crippen LogP contribution >= 0.6 is 0 Å². The highest BCUT2D eigenvalue weighted by molar-refractivity contribution is 5.70. The number of fused-ring (bicyclic) bond motifs is 1. The van der Waals surface area contributed by atoms with Gasteiger partial charge in [0, 0.05) is 23.0 Å². The number of rotatable bonds is 5. The lowest BCUT2D eigenvalue weighted by Gasteiger charge is -2.10. The van der Waals surface area contributed by atoms with Crippen LogP contribution in [0.2, 0.25) is 0 Å². The topological polar surface area (TPSA) is 64.4 Å². The fraction of sp³-hybridized carbons (Fsp3) is 0.0833. The van der Waals surface area contributed by atoms with Gasteiger partial charge in [0.2, 0.25) is 0 Å². The third-order valence-electron chi connectivity index (χ3n) is 5.13. The van der Waals surface area contributed by atoms with Crippen molar-refractivity contribution in [2.24, 2.45) is 0 Å². The van der Waals surface area contributed by atoms with E-state index in [1.54, 1.807) is 14.2 Å². The number of benzene rings is 2. The van der Waals surface area contributed by atoms with Crippen molar-refractivity contribution in [2.75, 3.05) is 14.2 Å². The molecule has 30 heavy (non-hydrogen) atoms. The lowest BCUT2D eigenvalue weighted by atomic mass is 10.1. The molecule has 0 fully saturated rings. The minimum absolute atomic E-state index is 0.669. The SMILES string of the molecule is COc1ccc(-c2ccc3ncc(-c4ccc(-c5ccc[nH]5)cc4)n3n2)cc1OC. The molecule has 2 aromatic carbocycles. The summed E-state index contributed by atoms with van der Waals surface area (Å²) in [4.78, 5) is 7.74. The monoisotopic (exact) mass is 396 g/mol. The highest BCUT2D eigenvalue weighted by atomic mass is 16.5. The summed E-state index contributed by atoms with van der Waals surface area (Å²) in [6.07, 6.45) is 3.78. The third kappa shape index (κ3) is 3.08. The van der Waals surface area contributed by atoms with Gasteiger partial charge in [-0.1, -0.05) is 24.3 Å². The zero-order valence-corrected chi connectivity index (χ0v) is 16.7. The molecule has 1 N–H and O–H groups in total. The molecule has 0 aliphatic rings. The fourth-order valence-electron chi connectivity index (χ4n) is 3.55. The minimum atomic E-state index is 0.669. The Balaban J connectivity index is 1.55. The number of hydrogen-bond acceptors (Lipinski definition) is 4. The average molecular weight is 396 g/mol. The Morgan fingerprint density at radius 3 is 2.30 bits per heavy atom. The first kappa shape index (κ1) is 18.0. The molecule has 0 unspecified atom stereocenters. The van der Waals surface area contributed by atoms with Crippen molar-refractivity contribution in [1.82, 2.24) is 19.6 Å². The van der Waals surface area contributed by atoms with Crippen molar-refractivity contribution in [2.45, 2.75) is 0 Å². The van der Waals surface area contributed by atoms with Gasteiger partial charge in [0.25, 0.3) is 0 Å². The molecule has 0 saturated heterocycles. The van der Waals surface area contributed by atoms with E-state index in [4.69, 9.17) is 14.6 Å². The molecule has 0 bridgehead atoms. The summed E-state index contributed by atoms with van der Waals surface area (Å²) in [5.41, 5.74) is 6.77. The Hall–Kier alpha value is -4.06. The number of nitrogens with one attached hydrogen (secondary N) is 1. The van der Waals surface area contributed by atoms with Gasteiger partial charge in [0.15, 0.2) is 17.1 Å². The first-order valence-electron chi connectivity index (χ1n) is 9.58. The van der Waals surface area contributed by atoms with Crippen LogP contribution in [0.25, 0.3) is 39.4 Å². The van der Waals surface area contributed by atoms with Crippen molar-refractivity contribution in [3.63, 3.8) is 0 Å². The Labute approximate surface area is 173 Å². The number of hydrogen-bond donors (Lipinski definition) is 1. The summed E-state index contributed by atoms with van der Waals surface area (Å²) < 4.78 is 12.6. The van der Waals surface area contributed by atoms with Crippen LogP contribution in [0.15, 0.2) is 79.1 Å². The van der Waals surface area contributed by atoms with Crippen LogP contribution in [-0.2, 0) is 0 Å². The van der Waals surface area contributed by atoms with Crippen LogP contribution < -0.4 is 9.47 Å². The van der Waals surface area contributed by atoms with Crippen molar-refractivity contribution >= 4 is 5.65 Å². The van der Waals surface area contributed by atoms with Gasteiger partial charge < -0.3 is 14.5 Å². The molecular formula is C24H20N4O2. The molecule has 0 atom stereocenters. The van der Waals surface area contributed by atoms with E-state index in [9.17, 15) is 0 Å². The van der Waals surface area contributed by atoms with E-state index in [1.165, 1.54) is 0 Å². The molecule has 5 aromatic rings. The number of aromatic amines is 1. The molecular weight excluding hydrogens is 376 g/mol. The van der Waals surface area contributed by atoms with E-state index >= 15 is 0 Å². The second-order valence-electron chi connectivity index (χ2n) is 6.86. The fourth-order valence-corrected chi connectivity index (χ4v) is 3.55. The van der Waals surface area contributed by atoms with E-state index in [2.05, 4.69) is 40.3 Å². The van der Waals surface area contributed by atoms with Gasteiger partial charge in [-0.05, 0) is 48.0 Å². The first-order chi connectivity index (χ1) is 14.8. The molecule has 3 heterocycles. The van der Waals surface area contributed by atoms with Crippen LogP contribution in [0.3, 0.4) is 0 Å². The summed E-state index contributed by atoms with van der Waals surface area (Å²) >= 11 is 0. The maximum absolute atomic E-state index is 5.43. The Bertz CT molecular complexity index is 1310. The average Bonchev–Trinajstić information content (AvgIpc) is 3.48. The van der Waals surface area contributed by atoms with Gasteiger partial charge >= 0.3 is 0 Å². The standard InChI is InChI=1S/C24H20N4O2/c1-29-22-11-9-18(14-23(22)30-2)20-10-12-24-26-15-21(28(24)27-20)17-7-5-16(6-8-17)19-4-3-13-25-19/h3-15,25H,1-2H3. The predicted molar refractivity (Wildman–Crippen MR) is 117 cm³/mol. The maximum Gasteiger partial charge on any atom is 0.161 e. The molecule has 0 spiro atoms. The summed E-state index contributed by atoms with van der Waals surface area (Å²) in [7, 11) is 3.25. The summed E-state index contributed by atoms with van der Waals surface area (Å²) in [6.45, 7) is 0. The number of methoxy groups -OCH3 is 2. The third-order valence-corrected chi connectivity index (χ3v) is 5.13. The summed E-state index contributed by atoms with van der Waals surface area (Å²) in [5, 5.41) is 4.84. The van der Waals surface area contributed by atoms with E-state index in [0.29, 0.717) is 11.5 Å². The molecule has 6 nitrogen and oxygen atoms in total. The molecule has 0 amide bonds. The Kier molecular flexibility index (Phi) is 4.44. The van der Waals surface area contributed by atoms with Crippen LogP contribution in [0, 0.1) is 0 Å². The number of H-pyrrole nitrogens is 1. The summed E-state index contributed by atoms with van der Waals surface area (Å²) in [5.74, 6) is 1.36. The second kappa shape index (κ2) is 7.40. The molecule has 148 valence electrons. The van der Waals surface area contributed by atoms with Gasteiger partial charge in [-0.2, -0.15) is 5.10 Å². The van der Waals surface area contributed by atoms with Crippen LogP contribution in [0.1, 0.15) is 0 Å². The van der Waals surface area contributed by atoms with Gasteiger partial charge in [-0.3, -0.25) is 0 Å². The highest BCUT2D eigenvalue weighted by Crippen LogP contribution is 2.32. The predicted octanol–water partition coefficient (Wildman–Crippen LogP) is 5.08. The second-order valence-corrected chi connectivity index (χ2v) is 6.86. The van der Waals surface area contributed by atoms with Crippen molar-refractivity contribution in [1.29, 1.82) is 0 Å². The van der Waals surface area contributed by atoms with E-state index in [-0.39, 0.29) is 0 Å². The Morgan fingerprint density at radius 1 is 0.800 bits per heavy atom. The molecule has 0 aliphatic heterocycles. The number of imidazole rings is 1. The van der Waals surface area contributed by atoms with Crippen molar-refractivity contribution < 1.29 is 9.47 Å². The molecule has 0 aliphatic carbocycles. The maximum atomic E-state index is 5.43. The zero-order valence-electron chi connectivity index (χ0n) is 16.7. The molecule has 6 heteroatoms. The summed E-state index contributed by atoms with van der Waals surface area (Å²) in [6, 6.07) is 22.1. The largest absolute Gasteiger partial charge is 0.493 e. The molecule has 5 rings (SSSR count). The van der Waals surface area contributed by atoms with Crippen molar-refractivity contribution in [3.05, 3.63) is 79.1 Å². The smallest absolute Gasteiger partial charge is 0.161 e. The van der Waals surface area contributed by atoms with Crippen LogP contribution in [-0.4, -0.2) is 33.8 Å². The van der Waals surface area contributed by atoms with E-state index < -0.39 is 0 Å². The highest BCUT2D eigenvalue weighted by Gasteiger charge is 2.11. The molecule has 3 aromatic heterocycles. The zero-order chi connectivity index (χ0) is 20.5. The quantitative estimate of drug-likeness (QED) is 0.450. The van der Waals surface area contributed by atoms with Gasteiger partial charge in [-0.25, -0.2) is 9.50 Å². The normalized spacial score (nSPS) is 11.0. The van der Waals surface area contributed by atoms with Gasteiger partial charge in [-0.15, -0.1) is 0 Å². The molecule has 0 saturated carbocycles. The van der Waals surface area contributed by atoms with E-state index in [0.717, 1.165) is 39.4 Å². The van der Waals surface area contributed by atoms with Gasteiger partial charge in [0.05, 0.1) is 31.8 Å². The molecule has 0 radical (unpaired) electrons. The Morgan fingerprint density at radius 2 is 1.57 bits per heavy atom. The number of ether oxygens (including phenoxy) is 2. The lowest BCUT2D eigenvalue weighted by molar-refractivity contribution is 0.355. The van der Waals surface area contributed by atoms with Crippen molar-refractivity contribution in [3.8, 4) is 45.3 Å². The van der Waals surface area contributed by atoms with Crippen LogP contribution in [0.4, 0.5) is 0 Å². The lowest BCUT2D eigenvalue weighted by Crippen LogP contribution is -1.97. The minimum Gasteiger partial charge on any atom is -0.493 e.